The van der Waals surface area contributed by atoms with Gasteiger partial charge in [-0.2, -0.15) is 5.10 Å². The molecular weight excluding hydrogens is 366 g/mol. The fourth-order valence-corrected chi connectivity index (χ4v) is 3.81. The molecule has 0 saturated carbocycles. The number of H-pyrrole nitrogens is 1. The van der Waals surface area contributed by atoms with Gasteiger partial charge in [0.25, 0.3) is 0 Å². The summed E-state index contributed by atoms with van der Waals surface area (Å²) >= 11 is 0. The molecule has 1 amide bonds. The first-order valence-corrected chi connectivity index (χ1v) is 10.0. The van der Waals surface area contributed by atoms with Gasteiger partial charge in [0.2, 0.25) is 5.91 Å². The van der Waals surface area contributed by atoms with Crippen molar-refractivity contribution in [3.8, 4) is 5.75 Å². The van der Waals surface area contributed by atoms with Crippen molar-refractivity contribution in [2.24, 2.45) is 0 Å². The second kappa shape index (κ2) is 8.25. The Labute approximate surface area is 170 Å². The van der Waals surface area contributed by atoms with Crippen molar-refractivity contribution in [1.82, 2.24) is 15.1 Å². The van der Waals surface area contributed by atoms with E-state index >= 15 is 0 Å². The second-order valence-corrected chi connectivity index (χ2v) is 7.59. The smallest absolute Gasteiger partial charge is 0.223 e. The van der Waals surface area contributed by atoms with Gasteiger partial charge in [0, 0.05) is 25.1 Å². The Bertz CT molecular complexity index is 1030. The first kappa shape index (κ1) is 19.5. The third kappa shape index (κ3) is 4.12. The number of aromatic amines is 1. The van der Waals surface area contributed by atoms with Gasteiger partial charge in [-0.25, -0.2) is 0 Å². The predicted octanol–water partition coefficient (Wildman–Crippen LogP) is 3.72. The van der Waals surface area contributed by atoms with Crippen LogP contribution in [0.15, 0.2) is 36.4 Å². The van der Waals surface area contributed by atoms with Crippen LogP contribution >= 0.6 is 0 Å². The van der Waals surface area contributed by atoms with Gasteiger partial charge in [0.1, 0.15) is 11.9 Å². The Kier molecular flexibility index (Phi) is 5.53. The number of ether oxygens (including phenoxy) is 2. The van der Waals surface area contributed by atoms with Gasteiger partial charge in [-0.3, -0.25) is 9.89 Å². The summed E-state index contributed by atoms with van der Waals surface area (Å²) in [7, 11) is 1.67. The number of methoxy groups -OCH3 is 1. The quantitative estimate of drug-likeness (QED) is 0.717. The van der Waals surface area contributed by atoms with Crippen LogP contribution in [0, 0.1) is 13.8 Å². The number of nitrogens with one attached hydrogen (secondary N) is 1. The van der Waals surface area contributed by atoms with E-state index in [9.17, 15) is 4.79 Å². The minimum atomic E-state index is -0.103. The first-order chi connectivity index (χ1) is 14.0. The number of nitrogens with zero attached hydrogens (tertiary/aromatic N) is 2. The molecule has 0 bridgehead atoms. The number of rotatable bonds is 5. The van der Waals surface area contributed by atoms with E-state index in [0.717, 1.165) is 39.0 Å². The predicted molar refractivity (Wildman–Crippen MR) is 112 cm³/mol. The molecule has 0 aliphatic carbocycles. The maximum Gasteiger partial charge on any atom is 0.223 e. The summed E-state index contributed by atoms with van der Waals surface area (Å²) in [5, 5.41) is 9.56. The molecule has 29 heavy (non-hydrogen) atoms. The lowest BCUT2D eigenvalue weighted by Gasteiger charge is -2.33. The molecule has 3 aromatic rings. The van der Waals surface area contributed by atoms with Gasteiger partial charge in [-0.05, 0) is 53.9 Å². The van der Waals surface area contributed by atoms with E-state index in [-0.39, 0.29) is 12.0 Å². The number of benzene rings is 2. The number of fused-ring (bicyclic) bond motifs is 1. The Morgan fingerprint density at radius 3 is 2.79 bits per heavy atom. The average Bonchev–Trinajstić information content (AvgIpc) is 3.09. The number of aryl methyl sites for hydroxylation is 2. The van der Waals surface area contributed by atoms with Gasteiger partial charge in [0.05, 0.1) is 26.0 Å². The number of hydrogen-bond donors (Lipinski definition) is 1. The van der Waals surface area contributed by atoms with Crippen molar-refractivity contribution < 1.29 is 14.3 Å². The van der Waals surface area contributed by atoms with Gasteiger partial charge in [-0.1, -0.05) is 18.2 Å². The number of hydrogen-bond acceptors (Lipinski definition) is 4. The summed E-state index contributed by atoms with van der Waals surface area (Å²) < 4.78 is 11.3. The SMILES string of the molecule is COc1ccc2cc([C@@H]3CN(C(=O)CCc4n[nH]c(C)c4C)CCO3)ccc2c1. The molecule has 2 heterocycles. The minimum absolute atomic E-state index is 0.103. The molecule has 4 rings (SSSR count). The molecule has 1 fully saturated rings. The fourth-order valence-electron chi connectivity index (χ4n) is 3.81. The molecule has 0 unspecified atom stereocenters. The van der Waals surface area contributed by atoms with Crippen molar-refractivity contribution >= 4 is 16.7 Å². The number of aromatic nitrogens is 2. The Hall–Kier alpha value is -2.86. The lowest BCUT2D eigenvalue weighted by Crippen LogP contribution is -2.42. The van der Waals surface area contributed by atoms with E-state index in [1.54, 1.807) is 7.11 Å². The standard InChI is InChI=1S/C23H27N3O3/c1-15-16(2)24-25-21(15)8-9-23(27)26-10-11-29-22(14-26)19-5-4-18-13-20(28-3)7-6-17(18)12-19/h4-7,12-13,22H,8-11,14H2,1-3H3,(H,24,25)/t22-/m0/s1. The highest BCUT2D eigenvalue weighted by atomic mass is 16.5. The normalized spacial score (nSPS) is 16.9. The van der Waals surface area contributed by atoms with Crippen molar-refractivity contribution in [2.45, 2.75) is 32.8 Å². The molecule has 1 atom stereocenters. The summed E-state index contributed by atoms with van der Waals surface area (Å²) in [4.78, 5) is 14.7. The van der Waals surface area contributed by atoms with Crippen molar-refractivity contribution in [1.29, 1.82) is 0 Å². The number of amides is 1. The average molecular weight is 393 g/mol. The van der Waals surface area contributed by atoms with Crippen LogP contribution in [0.25, 0.3) is 10.8 Å². The number of carbonyl (C=O) groups is 1. The highest BCUT2D eigenvalue weighted by Gasteiger charge is 2.25. The van der Waals surface area contributed by atoms with Crippen LogP contribution in [0.3, 0.4) is 0 Å². The lowest BCUT2D eigenvalue weighted by molar-refractivity contribution is -0.139. The van der Waals surface area contributed by atoms with E-state index in [1.807, 2.05) is 30.9 Å². The first-order valence-electron chi connectivity index (χ1n) is 10.0. The molecule has 0 radical (unpaired) electrons. The number of morpholine rings is 1. The lowest BCUT2D eigenvalue weighted by atomic mass is 10.0. The monoisotopic (exact) mass is 393 g/mol. The van der Waals surface area contributed by atoms with E-state index in [2.05, 4.69) is 34.5 Å². The van der Waals surface area contributed by atoms with Crippen LogP contribution in [0.5, 0.6) is 5.75 Å². The molecule has 1 N–H and O–H groups in total. The number of carbonyl (C=O) groups excluding carboxylic acids is 1. The zero-order valence-electron chi connectivity index (χ0n) is 17.2. The Morgan fingerprint density at radius 1 is 1.24 bits per heavy atom. The van der Waals surface area contributed by atoms with E-state index in [4.69, 9.17) is 9.47 Å². The summed E-state index contributed by atoms with van der Waals surface area (Å²) in [6, 6.07) is 12.3. The van der Waals surface area contributed by atoms with Crippen LogP contribution in [0.2, 0.25) is 0 Å². The Balaban J connectivity index is 1.43. The van der Waals surface area contributed by atoms with Gasteiger partial charge in [-0.15, -0.1) is 0 Å². The minimum Gasteiger partial charge on any atom is -0.497 e. The summed E-state index contributed by atoms with van der Waals surface area (Å²) in [6.07, 6.45) is 1.03. The van der Waals surface area contributed by atoms with Gasteiger partial charge < -0.3 is 14.4 Å². The van der Waals surface area contributed by atoms with Crippen LogP contribution in [-0.2, 0) is 16.0 Å². The highest BCUT2D eigenvalue weighted by molar-refractivity contribution is 5.84. The van der Waals surface area contributed by atoms with Crippen molar-refractivity contribution in [2.75, 3.05) is 26.8 Å². The maximum absolute atomic E-state index is 12.8. The van der Waals surface area contributed by atoms with Crippen LogP contribution < -0.4 is 4.74 Å². The molecule has 1 aliphatic rings. The summed E-state index contributed by atoms with van der Waals surface area (Å²) in [6.45, 7) is 5.81. The van der Waals surface area contributed by atoms with E-state index < -0.39 is 0 Å². The highest BCUT2D eigenvalue weighted by Crippen LogP contribution is 2.28. The zero-order chi connectivity index (χ0) is 20.4. The van der Waals surface area contributed by atoms with Crippen LogP contribution in [-0.4, -0.2) is 47.8 Å². The third-order valence-corrected chi connectivity index (χ3v) is 5.79. The van der Waals surface area contributed by atoms with Crippen LogP contribution in [0.4, 0.5) is 0 Å². The summed E-state index contributed by atoms with van der Waals surface area (Å²) in [5.41, 5.74) is 4.28. The van der Waals surface area contributed by atoms with E-state index in [1.165, 1.54) is 0 Å². The fraction of sp³-hybridized carbons (Fsp3) is 0.391. The third-order valence-electron chi connectivity index (χ3n) is 5.79. The molecule has 1 aromatic heterocycles. The Morgan fingerprint density at radius 2 is 2.03 bits per heavy atom. The molecule has 2 aromatic carbocycles. The molecule has 6 heteroatoms. The molecular formula is C23H27N3O3. The molecule has 1 aliphatic heterocycles. The topological polar surface area (TPSA) is 67.5 Å². The summed E-state index contributed by atoms with van der Waals surface area (Å²) in [5.74, 6) is 1.00. The molecule has 152 valence electrons. The molecule has 6 nitrogen and oxygen atoms in total. The molecule has 0 spiro atoms. The molecule has 1 saturated heterocycles. The maximum atomic E-state index is 12.8. The van der Waals surface area contributed by atoms with Gasteiger partial charge in [0.15, 0.2) is 0 Å². The second-order valence-electron chi connectivity index (χ2n) is 7.59. The zero-order valence-corrected chi connectivity index (χ0v) is 17.2. The van der Waals surface area contributed by atoms with Crippen LogP contribution in [0.1, 0.15) is 35.0 Å². The van der Waals surface area contributed by atoms with Gasteiger partial charge >= 0.3 is 0 Å². The largest absolute Gasteiger partial charge is 0.497 e. The van der Waals surface area contributed by atoms with Crippen molar-refractivity contribution in [3.05, 3.63) is 58.9 Å². The van der Waals surface area contributed by atoms with Crippen molar-refractivity contribution in [3.63, 3.8) is 0 Å². The van der Waals surface area contributed by atoms with E-state index in [0.29, 0.717) is 32.5 Å².